The lowest BCUT2D eigenvalue weighted by Gasteiger charge is -2.13. The zero-order valence-electron chi connectivity index (χ0n) is 9.00. The molecule has 1 unspecified atom stereocenters. The van der Waals surface area contributed by atoms with Crippen molar-refractivity contribution >= 4 is 27.6 Å². The van der Waals surface area contributed by atoms with Gasteiger partial charge in [0.1, 0.15) is 5.82 Å². The topological polar surface area (TPSA) is 50.4 Å². The van der Waals surface area contributed by atoms with Gasteiger partial charge in [-0.1, -0.05) is 6.07 Å². The molecule has 0 aromatic heterocycles. The molecule has 1 fully saturated rings. The molecule has 2 N–H and O–H groups in total. The van der Waals surface area contributed by atoms with Crippen LogP contribution in [0.15, 0.2) is 22.7 Å². The van der Waals surface area contributed by atoms with Gasteiger partial charge in [0.05, 0.1) is 18.3 Å². The molecule has 1 saturated heterocycles. The molecule has 4 nitrogen and oxygen atoms in total. The van der Waals surface area contributed by atoms with Gasteiger partial charge in [0.15, 0.2) is 0 Å². The predicted octanol–water partition coefficient (Wildman–Crippen LogP) is 2.50. The molecule has 92 valence electrons. The minimum absolute atomic E-state index is 0.000508. The fraction of sp³-hybridized carbons (Fsp3) is 0.364. The summed E-state index contributed by atoms with van der Waals surface area (Å²) in [7, 11) is 0. The number of benzene rings is 1. The first-order valence-corrected chi connectivity index (χ1v) is 6.05. The van der Waals surface area contributed by atoms with Crippen molar-refractivity contribution in [3.63, 3.8) is 0 Å². The minimum Gasteiger partial charge on any atom is -0.379 e. The lowest BCUT2D eigenvalue weighted by molar-refractivity contribution is 0.189. The minimum atomic E-state index is -0.475. The van der Waals surface area contributed by atoms with E-state index in [4.69, 9.17) is 4.74 Å². The highest BCUT2D eigenvalue weighted by atomic mass is 79.9. The van der Waals surface area contributed by atoms with Crippen molar-refractivity contribution in [3.05, 3.63) is 28.5 Å². The van der Waals surface area contributed by atoms with Crippen LogP contribution in [0, 0.1) is 5.82 Å². The van der Waals surface area contributed by atoms with Gasteiger partial charge in [0.25, 0.3) is 0 Å². The summed E-state index contributed by atoms with van der Waals surface area (Å²) >= 11 is 3.18. The molecule has 1 atom stereocenters. The van der Waals surface area contributed by atoms with Crippen LogP contribution in [-0.4, -0.2) is 25.3 Å². The number of carbonyl (C=O) groups excluding carboxylic acids is 1. The van der Waals surface area contributed by atoms with Crippen LogP contribution < -0.4 is 10.6 Å². The maximum absolute atomic E-state index is 13.4. The normalized spacial score (nSPS) is 19.1. The summed E-state index contributed by atoms with van der Waals surface area (Å²) in [4.78, 5) is 11.6. The van der Waals surface area contributed by atoms with E-state index < -0.39 is 11.8 Å². The van der Waals surface area contributed by atoms with Crippen molar-refractivity contribution in [2.45, 2.75) is 12.5 Å². The Hall–Kier alpha value is -1.14. The van der Waals surface area contributed by atoms with E-state index in [1.165, 1.54) is 6.07 Å². The zero-order chi connectivity index (χ0) is 12.3. The Morgan fingerprint density at radius 1 is 1.53 bits per heavy atom. The highest BCUT2D eigenvalue weighted by Gasteiger charge is 2.18. The largest absolute Gasteiger partial charge is 0.379 e. The zero-order valence-corrected chi connectivity index (χ0v) is 10.6. The second-order valence-corrected chi connectivity index (χ2v) is 4.61. The lowest BCUT2D eigenvalue weighted by atomic mass is 10.3. The molecule has 2 amide bonds. The third-order valence-electron chi connectivity index (χ3n) is 2.47. The molecule has 1 aliphatic rings. The molecular weight excluding hydrogens is 291 g/mol. The van der Waals surface area contributed by atoms with Crippen molar-refractivity contribution in [1.29, 1.82) is 0 Å². The van der Waals surface area contributed by atoms with E-state index in [1.807, 2.05) is 0 Å². The monoisotopic (exact) mass is 302 g/mol. The van der Waals surface area contributed by atoms with Crippen LogP contribution in [0.3, 0.4) is 0 Å². The summed E-state index contributed by atoms with van der Waals surface area (Å²) in [5, 5.41) is 5.20. The van der Waals surface area contributed by atoms with Crippen molar-refractivity contribution in [2.75, 3.05) is 18.5 Å². The van der Waals surface area contributed by atoms with E-state index in [9.17, 15) is 9.18 Å². The van der Waals surface area contributed by atoms with E-state index in [1.54, 1.807) is 12.1 Å². The number of carbonyl (C=O) groups is 1. The van der Waals surface area contributed by atoms with Crippen molar-refractivity contribution in [3.8, 4) is 0 Å². The van der Waals surface area contributed by atoms with Gasteiger partial charge in [-0.25, -0.2) is 9.18 Å². The summed E-state index contributed by atoms with van der Waals surface area (Å²) in [6.07, 6.45) is 0.784. The molecule has 1 aromatic carbocycles. The maximum Gasteiger partial charge on any atom is 0.319 e. The standard InChI is InChI=1S/C11H12BrFN2O2/c12-8-2-1-3-9(13)10(8)15-11(16)14-7-4-5-17-6-7/h1-3,7H,4-6H2,(H2,14,15,16). The molecule has 0 spiro atoms. The van der Waals surface area contributed by atoms with Crippen LogP contribution in [0.2, 0.25) is 0 Å². The molecule has 2 rings (SSSR count). The van der Waals surface area contributed by atoms with E-state index in [0.717, 1.165) is 6.42 Å². The van der Waals surface area contributed by atoms with Gasteiger partial charge in [-0.05, 0) is 34.5 Å². The molecule has 0 bridgehead atoms. The average molecular weight is 303 g/mol. The van der Waals surface area contributed by atoms with E-state index >= 15 is 0 Å². The number of anilines is 1. The third kappa shape index (κ3) is 3.17. The lowest BCUT2D eigenvalue weighted by Crippen LogP contribution is -2.38. The van der Waals surface area contributed by atoms with Crippen LogP contribution in [0.4, 0.5) is 14.9 Å². The Morgan fingerprint density at radius 3 is 3.00 bits per heavy atom. The number of hydrogen-bond acceptors (Lipinski definition) is 2. The van der Waals surface area contributed by atoms with E-state index in [0.29, 0.717) is 17.7 Å². The van der Waals surface area contributed by atoms with Crippen molar-refractivity contribution in [2.24, 2.45) is 0 Å². The molecule has 17 heavy (non-hydrogen) atoms. The number of urea groups is 1. The molecule has 6 heteroatoms. The quantitative estimate of drug-likeness (QED) is 0.882. The molecule has 0 saturated carbocycles. The highest BCUT2D eigenvalue weighted by molar-refractivity contribution is 9.10. The van der Waals surface area contributed by atoms with Crippen LogP contribution in [0.1, 0.15) is 6.42 Å². The second-order valence-electron chi connectivity index (χ2n) is 3.76. The van der Waals surface area contributed by atoms with Crippen LogP contribution >= 0.6 is 15.9 Å². The van der Waals surface area contributed by atoms with Gasteiger partial charge in [-0.3, -0.25) is 0 Å². The predicted molar refractivity (Wildman–Crippen MR) is 65.5 cm³/mol. The molecule has 1 aromatic rings. The number of halogens is 2. The molecular formula is C11H12BrFN2O2. The third-order valence-corrected chi connectivity index (χ3v) is 3.13. The number of nitrogens with one attached hydrogen (secondary N) is 2. The Bertz CT molecular complexity index is 402. The fourth-order valence-corrected chi connectivity index (χ4v) is 2.04. The van der Waals surface area contributed by atoms with E-state index in [-0.39, 0.29) is 11.7 Å². The van der Waals surface area contributed by atoms with Gasteiger partial charge in [-0.2, -0.15) is 0 Å². The van der Waals surface area contributed by atoms with Crippen LogP contribution in [-0.2, 0) is 4.74 Å². The molecule has 0 radical (unpaired) electrons. The summed E-state index contributed by atoms with van der Waals surface area (Å²) in [5.41, 5.74) is 0.143. The number of ether oxygens (including phenoxy) is 1. The smallest absolute Gasteiger partial charge is 0.319 e. The van der Waals surface area contributed by atoms with Gasteiger partial charge in [-0.15, -0.1) is 0 Å². The number of hydrogen-bond donors (Lipinski definition) is 2. The van der Waals surface area contributed by atoms with Crippen molar-refractivity contribution < 1.29 is 13.9 Å². The summed E-state index contributed by atoms with van der Waals surface area (Å²) in [5.74, 6) is -0.475. The van der Waals surface area contributed by atoms with Gasteiger partial charge in [0.2, 0.25) is 0 Å². The Kier molecular flexibility index (Phi) is 3.96. The Labute approximate surface area is 107 Å². The SMILES string of the molecule is O=C(Nc1c(F)cccc1Br)NC1CCOC1. The summed E-state index contributed by atoms with van der Waals surface area (Å²) < 4.78 is 19.1. The van der Waals surface area contributed by atoms with Gasteiger partial charge >= 0.3 is 6.03 Å². The number of para-hydroxylation sites is 1. The summed E-state index contributed by atoms with van der Waals surface area (Å²) in [6, 6.07) is 4.09. The first-order valence-electron chi connectivity index (χ1n) is 5.26. The maximum atomic E-state index is 13.4. The molecule has 1 heterocycles. The van der Waals surface area contributed by atoms with Crippen LogP contribution in [0.5, 0.6) is 0 Å². The van der Waals surface area contributed by atoms with Gasteiger partial charge < -0.3 is 15.4 Å². The van der Waals surface area contributed by atoms with Crippen molar-refractivity contribution in [1.82, 2.24) is 5.32 Å². The number of amides is 2. The average Bonchev–Trinajstić information content (AvgIpc) is 2.76. The number of rotatable bonds is 2. The summed E-state index contributed by atoms with van der Waals surface area (Å²) in [6.45, 7) is 1.15. The first kappa shape index (κ1) is 12.3. The fourth-order valence-electron chi connectivity index (χ4n) is 1.60. The molecule has 0 aliphatic carbocycles. The first-order chi connectivity index (χ1) is 8.16. The van der Waals surface area contributed by atoms with Crippen LogP contribution in [0.25, 0.3) is 0 Å². The Morgan fingerprint density at radius 2 is 2.35 bits per heavy atom. The highest BCUT2D eigenvalue weighted by Crippen LogP contribution is 2.24. The van der Waals surface area contributed by atoms with Gasteiger partial charge in [0, 0.05) is 11.1 Å². The Balaban J connectivity index is 1.97. The van der Waals surface area contributed by atoms with E-state index in [2.05, 4.69) is 26.6 Å². The second kappa shape index (κ2) is 5.46. The molecule has 1 aliphatic heterocycles.